The van der Waals surface area contributed by atoms with Crippen LogP contribution in [0.5, 0.6) is 0 Å². The Morgan fingerprint density at radius 3 is 2.97 bits per heavy atom. The fourth-order valence-corrected chi connectivity index (χ4v) is 4.09. The molecule has 32 heavy (non-hydrogen) atoms. The topological polar surface area (TPSA) is 117 Å². The number of hydrogen-bond acceptors (Lipinski definition) is 6. The number of carbonyl (C=O) groups is 2. The number of fused-ring (bicyclic) bond motifs is 1. The molecule has 0 bridgehead atoms. The van der Waals surface area contributed by atoms with Crippen molar-refractivity contribution in [2.75, 3.05) is 23.8 Å². The molecule has 1 saturated carbocycles. The number of amides is 2. The van der Waals surface area contributed by atoms with Gasteiger partial charge in [-0.25, -0.2) is 9.18 Å². The van der Waals surface area contributed by atoms with Crippen LogP contribution in [0.15, 0.2) is 24.3 Å². The van der Waals surface area contributed by atoms with Gasteiger partial charge in [0.05, 0.1) is 18.2 Å². The van der Waals surface area contributed by atoms with Gasteiger partial charge in [-0.3, -0.25) is 9.89 Å². The lowest BCUT2D eigenvalue weighted by Gasteiger charge is -2.25. The fourth-order valence-electron chi connectivity index (χ4n) is 4.09. The van der Waals surface area contributed by atoms with Crippen LogP contribution in [0.4, 0.5) is 20.7 Å². The number of anilines is 2. The van der Waals surface area contributed by atoms with Crippen molar-refractivity contribution in [3.05, 3.63) is 41.3 Å². The number of alkyl carbamates (subject to hydrolysis) is 1. The zero-order chi connectivity index (χ0) is 22.3. The lowest BCUT2D eigenvalue weighted by molar-refractivity contribution is -0.119. The van der Waals surface area contributed by atoms with Crippen LogP contribution in [0.2, 0.25) is 0 Å². The number of aromatic nitrogens is 2. The van der Waals surface area contributed by atoms with Gasteiger partial charge < -0.3 is 25.4 Å². The molecular formula is C22H26FN5O4. The van der Waals surface area contributed by atoms with Crippen molar-refractivity contribution in [1.82, 2.24) is 15.5 Å². The summed E-state index contributed by atoms with van der Waals surface area (Å²) in [6.07, 6.45) is 1.85. The molecule has 0 radical (unpaired) electrons. The third kappa shape index (κ3) is 4.55. The highest BCUT2D eigenvalue weighted by Crippen LogP contribution is 2.35. The lowest BCUT2D eigenvalue weighted by atomic mass is 9.93. The predicted molar refractivity (Wildman–Crippen MR) is 114 cm³/mol. The first-order valence-electron chi connectivity index (χ1n) is 10.9. The van der Waals surface area contributed by atoms with Crippen molar-refractivity contribution in [1.29, 1.82) is 0 Å². The van der Waals surface area contributed by atoms with Gasteiger partial charge in [0.25, 0.3) is 0 Å². The minimum atomic E-state index is -0.417. The number of rotatable bonds is 5. The van der Waals surface area contributed by atoms with E-state index in [-0.39, 0.29) is 35.4 Å². The Morgan fingerprint density at radius 2 is 2.16 bits per heavy atom. The molecule has 3 aliphatic rings. The third-order valence-electron chi connectivity index (χ3n) is 6.28. The number of hydrogen-bond donors (Lipinski definition) is 4. The van der Waals surface area contributed by atoms with Crippen molar-refractivity contribution >= 4 is 23.5 Å². The molecule has 4 N–H and O–H groups in total. The molecule has 10 heteroatoms. The Kier molecular flexibility index (Phi) is 5.24. The maximum Gasteiger partial charge on any atom is 0.407 e. The van der Waals surface area contributed by atoms with E-state index in [0.717, 1.165) is 24.1 Å². The number of carbonyl (C=O) groups excluding carboxylic acids is 2. The summed E-state index contributed by atoms with van der Waals surface area (Å²) in [7, 11) is 0. The van der Waals surface area contributed by atoms with Crippen LogP contribution in [0.1, 0.15) is 43.5 Å². The quantitative estimate of drug-likeness (QED) is 0.565. The second-order valence-corrected chi connectivity index (χ2v) is 9.05. The van der Waals surface area contributed by atoms with Crippen LogP contribution in [0, 0.1) is 11.7 Å². The molecule has 1 aromatic heterocycles. The normalized spacial score (nSPS) is 25.4. The van der Waals surface area contributed by atoms with E-state index in [2.05, 4.69) is 26.1 Å². The number of H-pyrrole nitrogens is 1. The van der Waals surface area contributed by atoms with Crippen LogP contribution in [0.25, 0.3) is 0 Å². The number of nitrogens with zero attached hydrogens (tertiary/aromatic N) is 1. The molecule has 1 saturated heterocycles. The Morgan fingerprint density at radius 1 is 1.31 bits per heavy atom. The highest BCUT2D eigenvalue weighted by Gasteiger charge is 2.40. The van der Waals surface area contributed by atoms with E-state index in [1.54, 1.807) is 12.1 Å². The summed E-state index contributed by atoms with van der Waals surface area (Å²) in [4.78, 5) is 24.7. The number of ether oxygens (including phenoxy) is 2. The standard InChI is InChI=1S/C22H26FN5O4/c1-22(4-5-22)26-21(30)32-15-8-18(31-11-15)17-9-19(28-27-17)25-20(29)13-6-12-7-14(23)2-3-16(12)24-10-13/h2-3,7,9,13,15,18,24H,4-6,8,10-11H2,1H3,(H,26,30)(H2,25,27,28,29)/t13-,15+,18+/m1/s1. The average Bonchev–Trinajstić information content (AvgIpc) is 3.14. The molecule has 2 amide bonds. The van der Waals surface area contributed by atoms with Crippen molar-refractivity contribution in [3.63, 3.8) is 0 Å². The summed E-state index contributed by atoms with van der Waals surface area (Å²) in [5, 5.41) is 15.9. The monoisotopic (exact) mass is 443 g/mol. The molecule has 0 spiro atoms. The molecule has 0 unspecified atom stereocenters. The van der Waals surface area contributed by atoms with E-state index in [1.165, 1.54) is 12.1 Å². The van der Waals surface area contributed by atoms with Crippen LogP contribution in [-0.2, 0) is 20.7 Å². The minimum Gasteiger partial charge on any atom is -0.444 e. The van der Waals surface area contributed by atoms with Gasteiger partial charge in [-0.15, -0.1) is 0 Å². The molecule has 2 aliphatic heterocycles. The van der Waals surface area contributed by atoms with Gasteiger partial charge in [-0.05, 0) is 49.9 Å². The third-order valence-corrected chi connectivity index (χ3v) is 6.28. The average molecular weight is 443 g/mol. The molecule has 1 aromatic carbocycles. The summed E-state index contributed by atoms with van der Waals surface area (Å²) in [6, 6.07) is 6.26. The smallest absolute Gasteiger partial charge is 0.407 e. The van der Waals surface area contributed by atoms with Gasteiger partial charge >= 0.3 is 6.09 Å². The van der Waals surface area contributed by atoms with Crippen molar-refractivity contribution in [2.45, 2.75) is 50.4 Å². The SMILES string of the molecule is CC1(NC(=O)O[C@@H]2CO[C@H](c3cc(NC(=O)[C@H]4CNc5ccc(F)cc5C4)n[nH]3)C2)CC1. The number of halogens is 1. The Bertz CT molecular complexity index is 1040. The zero-order valence-electron chi connectivity index (χ0n) is 17.7. The number of nitrogens with one attached hydrogen (secondary N) is 4. The Labute approximate surface area is 184 Å². The van der Waals surface area contributed by atoms with Crippen LogP contribution in [-0.4, -0.2) is 47.0 Å². The van der Waals surface area contributed by atoms with E-state index in [0.29, 0.717) is 37.5 Å². The second-order valence-electron chi connectivity index (χ2n) is 9.05. The summed E-state index contributed by atoms with van der Waals surface area (Å²) in [5.41, 5.74) is 2.21. The van der Waals surface area contributed by atoms with Gasteiger partial charge in [-0.2, -0.15) is 5.10 Å². The molecule has 1 aliphatic carbocycles. The van der Waals surface area contributed by atoms with Crippen molar-refractivity contribution in [2.24, 2.45) is 5.92 Å². The summed E-state index contributed by atoms with van der Waals surface area (Å²) in [5.74, 6) is -0.454. The van der Waals surface area contributed by atoms with Gasteiger partial charge in [0.2, 0.25) is 5.91 Å². The molecule has 2 fully saturated rings. The van der Waals surface area contributed by atoms with E-state index in [4.69, 9.17) is 9.47 Å². The fraction of sp³-hybridized carbons (Fsp3) is 0.500. The van der Waals surface area contributed by atoms with E-state index in [9.17, 15) is 14.0 Å². The number of benzene rings is 1. The molecule has 2 aromatic rings. The van der Waals surface area contributed by atoms with Crippen molar-refractivity contribution in [3.8, 4) is 0 Å². The van der Waals surface area contributed by atoms with E-state index in [1.807, 2.05) is 6.92 Å². The predicted octanol–water partition coefficient (Wildman–Crippen LogP) is 2.88. The molecule has 170 valence electrons. The molecule has 3 heterocycles. The van der Waals surface area contributed by atoms with Crippen LogP contribution < -0.4 is 16.0 Å². The molecular weight excluding hydrogens is 417 g/mol. The summed E-state index contributed by atoms with van der Waals surface area (Å²) < 4.78 is 24.7. The Balaban J connectivity index is 1.13. The van der Waals surface area contributed by atoms with E-state index >= 15 is 0 Å². The number of aromatic amines is 1. The van der Waals surface area contributed by atoms with Crippen LogP contribution >= 0.6 is 0 Å². The summed E-state index contributed by atoms with van der Waals surface area (Å²) in [6.45, 7) is 2.76. The molecule has 3 atom stereocenters. The maximum atomic E-state index is 13.5. The van der Waals surface area contributed by atoms with Crippen LogP contribution in [0.3, 0.4) is 0 Å². The molecule has 9 nitrogen and oxygen atoms in total. The first-order chi connectivity index (χ1) is 15.4. The highest BCUT2D eigenvalue weighted by atomic mass is 19.1. The molecule has 5 rings (SSSR count). The lowest BCUT2D eigenvalue weighted by Crippen LogP contribution is -2.37. The van der Waals surface area contributed by atoms with Gasteiger partial charge in [0.1, 0.15) is 18.0 Å². The summed E-state index contributed by atoms with van der Waals surface area (Å²) >= 11 is 0. The minimum absolute atomic E-state index is 0.128. The van der Waals surface area contributed by atoms with Gasteiger partial charge in [0.15, 0.2) is 5.82 Å². The van der Waals surface area contributed by atoms with Gasteiger partial charge in [0, 0.05) is 30.3 Å². The maximum absolute atomic E-state index is 13.5. The highest BCUT2D eigenvalue weighted by molar-refractivity contribution is 5.92. The second kappa shape index (κ2) is 8.09. The van der Waals surface area contributed by atoms with E-state index < -0.39 is 6.09 Å². The van der Waals surface area contributed by atoms with Gasteiger partial charge in [-0.1, -0.05) is 0 Å². The van der Waals surface area contributed by atoms with Crippen molar-refractivity contribution < 1.29 is 23.5 Å². The largest absolute Gasteiger partial charge is 0.444 e. The first kappa shape index (κ1) is 20.7. The first-order valence-corrected chi connectivity index (χ1v) is 10.9. The zero-order valence-corrected chi connectivity index (χ0v) is 17.7. The Hall–Kier alpha value is -3.14.